The van der Waals surface area contributed by atoms with Gasteiger partial charge in [0.2, 0.25) is 22.8 Å². The van der Waals surface area contributed by atoms with Crippen LogP contribution in [-0.4, -0.2) is 11.1 Å². The van der Waals surface area contributed by atoms with Crippen LogP contribution in [0.4, 0.5) is 0 Å². The Morgan fingerprint density at radius 2 is 2.05 bits per heavy atom. The summed E-state index contributed by atoms with van der Waals surface area (Å²) in [4.78, 5) is 10.8. The summed E-state index contributed by atoms with van der Waals surface area (Å²) < 4.78 is 8.65. The lowest BCUT2D eigenvalue weighted by Crippen LogP contribution is -3.00. The van der Waals surface area contributed by atoms with Crippen LogP contribution in [0.3, 0.4) is 0 Å². The second-order valence-electron chi connectivity index (χ2n) is 4.25. The fourth-order valence-electron chi connectivity index (χ4n) is 2.08. The number of aromatic nitrogens is 1. The van der Waals surface area contributed by atoms with Crippen LogP contribution in [0.5, 0.6) is 0 Å². The molecule has 0 atom stereocenters. The average molecular weight is 310 g/mol. The monoisotopic (exact) mass is 309 g/mol. The third kappa shape index (κ3) is 2.55. The molecular formula is C14H12ClNO3S. The molecule has 0 spiro atoms. The molecule has 0 aliphatic rings. The van der Waals surface area contributed by atoms with Gasteiger partial charge in [0.25, 0.3) is 0 Å². The molecule has 3 rings (SSSR count). The van der Waals surface area contributed by atoms with Gasteiger partial charge in [0.1, 0.15) is 4.70 Å². The first kappa shape index (κ1) is 14.6. The van der Waals surface area contributed by atoms with Gasteiger partial charge in [-0.05, 0) is 18.2 Å². The van der Waals surface area contributed by atoms with Gasteiger partial charge < -0.3 is 21.9 Å². The van der Waals surface area contributed by atoms with E-state index in [4.69, 9.17) is 9.52 Å². The minimum atomic E-state index is -1.04. The van der Waals surface area contributed by atoms with Gasteiger partial charge in [0.15, 0.2) is 5.76 Å². The Kier molecular flexibility index (Phi) is 4.11. The summed E-state index contributed by atoms with van der Waals surface area (Å²) in [5.74, 6) is -0.412. The number of aromatic carboxylic acids is 1. The number of hydrogen-bond acceptors (Lipinski definition) is 3. The molecule has 0 aliphatic heterocycles. The molecule has 0 amide bonds. The number of para-hydroxylation sites is 1. The van der Waals surface area contributed by atoms with E-state index in [0.29, 0.717) is 12.3 Å². The van der Waals surface area contributed by atoms with E-state index in [1.54, 1.807) is 17.4 Å². The molecule has 20 heavy (non-hydrogen) atoms. The van der Waals surface area contributed by atoms with Gasteiger partial charge in [-0.1, -0.05) is 23.5 Å². The highest BCUT2D eigenvalue weighted by Gasteiger charge is 2.19. The maximum atomic E-state index is 10.8. The van der Waals surface area contributed by atoms with Crippen molar-refractivity contribution in [2.45, 2.75) is 13.5 Å². The second-order valence-corrected chi connectivity index (χ2v) is 5.48. The third-order valence-corrected chi connectivity index (χ3v) is 4.06. The number of fused-ring (bicyclic) bond motifs is 1. The highest BCUT2D eigenvalue weighted by molar-refractivity contribution is 7.18. The van der Waals surface area contributed by atoms with E-state index in [1.807, 2.05) is 19.1 Å². The number of halogens is 1. The zero-order valence-electron chi connectivity index (χ0n) is 10.7. The maximum Gasteiger partial charge on any atom is 0.371 e. The first-order valence-corrected chi connectivity index (χ1v) is 6.67. The predicted octanol–water partition coefficient (Wildman–Crippen LogP) is -0.159. The SMILES string of the molecule is Cc1sc2ccccc2[n+]1Cc1ccc(C(=O)O)o1.[Cl-]. The number of rotatable bonds is 3. The fraction of sp³-hybridized carbons (Fsp3) is 0.143. The lowest BCUT2D eigenvalue weighted by Gasteiger charge is -1.94. The highest BCUT2D eigenvalue weighted by Crippen LogP contribution is 2.20. The molecule has 1 aromatic carbocycles. The summed E-state index contributed by atoms with van der Waals surface area (Å²) >= 11 is 1.72. The van der Waals surface area contributed by atoms with Crippen LogP contribution in [0, 0.1) is 6.92 Å². The van der Waals surface area contributed by atoms with Crippen molar-refractivity contribution < 1.29 is 31.3 Å². The molecule has 0 unspecified atom stereocenters. The number of hydrogen-bond donors (Lipinski definition) is 1. The van der Waals surface area contributed by atoms with Gasteiger partial charge in [-0.15, -0.1) is 0 Å². The molecular weight excluding hydrogens is 298 g/mol. The predicted molar refractivity (Wildman–Crippen MR) is 71.5 cm³/mol. The Morgan fingerprint density at radius 1 is 1.30 bits per heavy atom. The number of nitrogens with zero attached hydrogens (tertiary/aromatic N) is 1. The first-order chi connectivity index (χ1) is 9.15. The van der Waals surface area contributed by atoms with Crippen molar-refractivity contribution in [2.24, 2.45) is 0 Å². The molecule has 0 saturated heterocycles. The normalized spacial score (nSPS) is 10.4. The molecule has 0 radical (unpaired) electrons. The highest BCUT2D eigenvalue weighted by atomic mass is 35.5. The van der Waals surface area contributed by atoms with Crippen molar-refractivity contribution in [1.29, 1.82) is 0 Å². The Labute approximate surface area is 125 Å². The van der Waals surface area contributed by atoms with Gasteiger partial charge in [0.05, 0.1) is 0 Å². The number of carboxylic acid groups (broad SMARTS) is 1. The number of benzene rings is 1. The van der Waals surface area contributed by atoms with Crippen molar-refractivity contribution in [3.8, 4) is 0 Å². The van der Waals surface area contributed by atoms with E-state index in [9.17, 15) is 4.79 Å². The van der Waals surface area contributed by atoms with Gasteiger partial charge >= 0.3 is 5.97 Å². The van der Waals surface area contributed by atoms with E-state index < -0.39 is 5.97 Å². The minimum absolute atomic E-state index is 0. The topological polar surface area (TPSA) is 54.3 Å². The first-order valence-electron chi connectivity index (χ1n) is 5.85. The molecule has 0 fully saturated rings. The van der Waals surface area contributed by atoms with E-state index in [2.05, 4.69) is 16.7 Å². The summed E-state index contributed by atoms with van der Waals surface area (Å²) in [7, 11) is 0. The standard InChI is InChI=1S/C14H11NO3S.ClH/c1-9-15(11-4-2-3-5-13(11)19-9)8-10-6-7-12(18-10)14(16)17;/h2-7H,8H2,1H3;1H. The molecule has 4 nitrogen and oxygen atoms in total. The zero-order valence-corrected chi connectivity index (χ0v) is 12.2. The number of carbonyl (C=O) groups is 1. The van der Waals surface area contributed by atoms with E-state index in [1.165, 1.54) is 10.8 Å². The third-order valence-electron chi connectivity index (χ3n) is 2.98. The Morgan fingerprint density at radius 3 is 2.75 bits per heavy atom. The van der Waals surface area contributed by atoms with Gasteiger partial charge in [0, 0.05) is 13.0 Å². The average Bonchev–Trinajstić information content (AvgIpc) is 2.96. The Balaban J connectivity index is 0.00000147. The van der Waals surface area contributed by atoms with Crippen molar-refractivity contribution in [1.82, 2.24) is 0 Å². The number of furan rings is 1. The maximum absolute atomic E-state index is 10.8. The molecule has 0 aliphatic carbocycles. The van der Waals surface area contributed by atoms with Crippen molar-refractivity contribution in [3.05, 3.63) is 52.9 Å². The largest absolute Gasteiger partial charge is 1.00 e. The summed E-state index contributed by atoms with van der Waals surface area (Å²) in [6, 6.07) is 11.3. The van der Waals surface area contributed by atoms with Crippen molar-refractivity contribution in [3.63, 3.8) is 0 Å². The number of aryl methyl sites for hydroxylation is 1. The van der Waals surface area contributed by atoms with E-state index in [-0.39, 0.29) is 18.2 Å². The molecule has 2 heterocycles. The summed E-state index contributed by atoms with van der Waals surface area (Å²) in [6.07, 6.45) is 0. The Bertz CT molecular complexity index is 763. The van der Waals surface area contributed by atoms with Gasteiger partial charge in [-0.2, -0.15) is 4.57 Å². The summed E-state index contributed by atoms with van der Waals surface area (Å²) in [5, 5.41) is 10.0. The fourth-order valence-corrected chi connectivity index (χ4v) is 3.10. The van der Waals surface area contributed by atoms with Crippen LogP contribution in [0.2, 0.25) is 0 Å². The lowest BCUT2D eigenvalue weighted by molar-refractivity contribution is -0.665. The second kappa shape index (κ2) is 5.64. The minimum Gasteiger partial charge on any atom is -1.00 e. The van der Waals surface area contributed by atoms with Crippen LogP contribution in [0.1, 0.15) is 21.3 Å². The van der Waals surface area contributed by atoms with E-state index in [0.717, 1.165) is 10.5 Å². The molecule has 0 bridgehead atoms. The molecule has 6 heteroatoms. The zero-order chi connectivity index (χ0) is 13.4. The molecule has 1 N–H and O–H groups in total. The van der Waals surface area contributed by atoms with Gasteiger partial charge in [-0.25, -0.2) is 4.79 Å². The molecule has 3 aromatic rings. The molecule has 2 aromatic heterocycles. The van der Waals surface area contributed by atoms with Crippen LogP contribution in [0.15, 0.2) is 40.8 Å². The lowest BCUT2D eigenvalue weighted by atomic mass is 10.3. The Hall–Kier alpha value is -1.85. The van der Waals surface area contributed by atoms with Crippen LogP contribution < -0.4 is 17.0 Å². The van der Waals surface area contributed by atoms with Crippen molar-refractivity contribution in [2.75, 3.05) is 0 Å². The van der Waals surface area contributed by atoms with Gasteiger partial charge in [-0.3, -0.25) is 0 Å². The summed E-state index contributed by atoms with van der Waals surface area (Å²) in [5.41, 5.74) is 1.14. The van der Waals surface area contributed by atoms with Crippen LogP contribution in [-0.2, 0) is 6.54 Å². The van der Waals surface area contributed by atoms with E-state index >= 15 is 0 Å². The van der Waals surface area contributed by atoms with Crippen LogP contribution >= 0.6 is 11.3 Å². The van der Waals surface area contributed by atoms with Crippen molar-refractivity contribution >= 4 is 27.5 Å². The molecule has 0 saturated carbocycles. The summed E-state index contributed by atoms with van der Waals surface area (Å²) in [6.45, 7) is 2.59. The molecule has 104 valence electrons. The van der Waals surface area contributed by atoms with Crippen LogP contribution in [0.25, 0.3) is 10.2 Å². The number of thiazole rings is 1. The number of carboxylic acids is 1. The quantitative estimate of drug-likeness (QED) is 0.684. The smallest absolute Gasteiger partial charge is 0.371 e.